The molecule has 2 aromatic rings. The molecule has 0 unspecified atom stereocenters. The van der Waals surface area contributed by atoms with E-state index in [0.717, 1.165) is 11.8 Å². The second-order valence-corrected chi connectivity index (χ2v) is 6.53. The Bertz CT molecular complexity index is 881. The molecule has 1 fully saturated rings. The first kappa shape index (κ1) is 16.2. The molecule has 1 heterocycles. The summed E-state index contributed by atoms with van der Waals surface area (Å²) >= 11 is 6.33. The van der Waals surface area contributed by atoms with Crippen LogP contribution in [0.2, 0.25) is 0 Å². The van der Waals surface area contributed by atoms with E-state index in [1.54, 1.807) is 24.3 Å². The van der Waals surface area contributed by atoms with Crippen molar-refractivity contribution in [3.05, 3.63) is 69.1 Å². The molecule has 0 spiro atoms. The number of hydrogen-bond acceptors (Lipinski definition) is 6. The molecule has 0 aromatic heterocycles. The van der Waals surface area contributed by atoms with E-state index in [1.807, 2.05) is 6.07 Å². The standard InChI is InChI=1S/C16H10N2O4S2/c19-13-7-6-12(18(21)22)8-10(13)9-14-15(20)17(16(23)24-14)11-4-2-1-3-5-11/h1-9,19H. The lowest BCUT2D eigenvalue weighted by Gasteiger charge is -2.13. The van der Waals surface area contributed by atoms with Gasteiger partial charge in [-0.25, -0.2) is 0 Å². The second-order valence-electron chi connectivity index (χ2n) is 4.85. The fourth-order valence-corrected chi connectivity index (χ4v) is 3.47. The molecule has 6 nitrogen and oxygen atoms in total. The van der Waals surface area contributed by atoms with Crippen LogP contribution in [-0.4, -0.2) is 20.3 Å². The van der Waals surface area contributed by atoms with E-state index >= 15 is 0 Å². The molecule has 120 valence electrons. The van der Waals surface area contributed by atoms with Crippen molar-refractivity contribution in [2.45, 2.75) is 0 Å². The number of rotatable bonds is 3. The summed E-state index contributed by atoms with van der Waals surface area (Å²) in [5.41, 5.74) is 0.669. The monoisotopic (exact) mass is 358 g/mol. The van der Waals surface area contributed by atoms with E-state index in [4.69, 9.17) is 12.2 Å². The third-order valence-corrected chi connectivity index (χ3v) is 4.62. The van der Waals surface area contributed by atoms with Gasteiger partial charge in [-0.05, 0) is 24.3 Å². The van der Waals surface area contributed by atoms with Gasteiger partial charge < -0.3 is 5.11 Å². The van der Waals surface area contributed by atoms with E-state index in [0.29, 0.717) is 14.9 Å². The molecule has 8 heteroatoms. The van der Waals surface area contributed by atoms with Gasteiger partial charge in [0, 0.05) is 17.7 Å². The highest BCUT2D eigenvalue weighted by Crippen LogP contribution is 2.37. The number of thioether (sulfide) groups is 1. The first-order valence-electron chi connectivity index (χ1n) is 6.78. The third kappa shape index (κ3) is 3.01. The van der Waals surface area contributed by atoms with Crippen LogP contribution in [0.1, 0.15) is 5.56 Å². The van der Waals surface area contributed by atoms with Crippen LogP contribution < -0.4 is 4.90 Å². The van der Waals surface area contributed by atoms with Crippen molar-refractivity contribution in [2.75, 3.05) is 4.90 Å². The zero-order valence-corrected chi connectivity index (χ0v) is 13.7. The lowest BCUT2D eigenvalue weighted by Crippen LogP contribution is -2.27. The summed E-state index contributed by atoms with van der Waals surface area (Å²) in [7, 11) is 0. The lowest BCUT2D eigenvalue weighted by atomic mass is 10.1. The molecule has 1 amide bonds. The first-order valence-corrected chi connectivity index (χ1v) is 8.00. The van der Waals surface area contributed by atoms with Crippen LogP contribution in [0.25, 0.3) is 6.08 Å². The Labute approximate surface area is 146 Å². The Morgan fingerprint density at radius 1 is 1.21 bits per heavy atom. The summed E-state index contributed by atoms with van der Waals surface area (Å²) in [5, 5.41) is 20.7. The molecular weight excluding hydrogens is 348 g/mol. The van der Waals surface area contributed by atoms with Gasteiger partial charge in [-0.15, -0.1) is 0 Å². The number of nitrogens with zero attached hydrogens (tertiary/aromatic N) is 2. The maximum atomic E-state index is 12.6. The van der Waals surface area contributed by atoms with Crippen LogP contribution in [0.15, 0.2) is 53.4 Å². The van der Waals surface area contributed by atoms with Crippen LogP contribution >= 0.6 is 24.0 Å². The van der Waals surface area contributed by atoms with Gasteiger partial charge in [0.2, 0.25) is 0 Å². The van der Waals surface area contributed by atoms with E-state index in [9.17, 15) is 20.0 Å². The molecule has 0 aliphatic carbocycles. The van der Waals surface area contributed by atoms with Crippen molar-refractivity contribution >= 4 is 51.7 Å². The third-order valence-electron chi connectivity index (χ3n) is 3.32. The zero-order valence-electron chi connectivity index (χ0n) is 12.1. The molecule has 1 aliphatic heterocycles. The average molecular weight is 358 g/mol. The molecule has 2 aromatic carbocycles. The molecule has 1 N–H and O–H groups in total. The number of nitro benzene ring substituents is 1. The average Bonchev–Trinajstić information content (AvgIpc) is 2.84. The second kappa shape index (κ2) is 6.42. The molecule has 1 saturated heterocycles. The maximum absolute atomic E-state index is 12.6. The predicted octanol–water partition coefficient (Wildman–Crippen LogP) is 3.71. The summed E-state index contributed by atoms with van der Waals surface area (Å²) < 4.78 is 0.363. The minimum absolute atomic E-state index is 0.148. The smallest absolute Gasteiger partial charge is 0.270 e. The van der Waals surface area contributed by atoms with E-state index in [-0.39, 0.29) is 22.9 Å². The van der Waals surface area contributed by atoms with Crippen LogP contribution in [0.5, 0.6) is 5.75 Å². The van der Waals surface area contributed by atoms with Gasteiger partial charge in [-0.1, -0.05) is 42.2 Å². The van der Waals surface area contributed by atoms with Gasteiger partial charge in [0.25, 0.3) is 11.6 Å². The number of carbonyl (C=O) groups excluding carboxylic acids is 1. The summed E-state index contributed by atoms with van der Waals surface area (Å²) in [6, 6.07) is 12.6. The number of aromatic hydroxyl groups is 1. The summed E-state index contributed by atoms with van der Waals surface area (Å²) in [4.78, 5) is 24.6. The summed E-state index contributed by atoms with van der Waals surface area (Å²) in [5.74, 6) is -0.479. The Kier molecular flexibility index (Phi) is 4.32. The van der Waals surface area contributed by atoms with Crippen molar-refractivity contribution in [1.82, 2.24) is 0 Å². The van der Waals surface area contributed by atoms with Crippen molar-refractivity contribution < 1.29 is 14.8 Å². The summed E-state index contributed by atoms with van der Waals surface area (Å²) in [6.45, 7) is 0. The van der Waals surface area contributed by atoms with Crippen LogP contribution in [0.4, 0.5) is 11.4 Å². The number of anilines is 1. The Balaban J connectivity index is 1.98. The molecule has 3 rings (SSSR count). The molecule has 0 radical (unpaired) electrons. The molecule has 0 bridgehead atoms. The topological polar surface area (TPSA) is 83.7 Å². The predicted molar refractivity (Wildman–Crippen MR) is 96.9 cm³/mol. The number of para-hydroxylation sites is 1. The van der Waals surface area contributed by atoms with Crippen LogP contribution in [-0.2, 0) is 4.79 Å². The molecule has 0 saturated carbocycles. The number of phenols is 1. The molecular formula is C16H10N2O4S2. The van der Waals surface area contributed by atoms with Crippen molar-refractivity contribution in [1.29, 1.82) is 0 Å². The van der Waals surface area contributed by atoms with Gasteiger partial charge in [0.05, 0.1) is 15.5 Å². The number of carbonyl (C=O) groups is 1. The number of amides is 1. The van der Waals surface area contributed by atoms with Crippen molar-refractivity contribution in [3.8, 4) is 5.75 Å². The number of thiocarbonyl (C=S) groups is 1. The van der Waals surface area contributed by atoms with Crippen molar-refractivity contribution in [2.24, 2.45) is 0 Å². The van der Waals surface area contributed by atoms with E-state index in [2.05, 4.69) is 0 Å². The molecule has 1 aliphatic rings. The number of non-ortho nitro benzene ring substituents is 1. The lowest BCUT2D eigenvalue weighted by molar-refractivity contribution is -0.384. The van der Waals surface area contributed by atoms with Crippen LogP contribution in [0, 0.1) is 10.1 Å². The van der Waals surface area contributed by atoms with E-state index < -0.39 is 4.92 Å². The molecule has 24 heavy (non-hydrogen) atoms. The van der Waals surface area contributed by atoms with Gasteiger partial charge in [0.15, 0.2) is 4.32 Å². The number of benzene rings is 2. The van der Waals surface area contributed by atoms with Gasteiger partial charge >= 0.3 is 0 Å². The van der Waals surface area contributed by atoms with Crippen molar-refractivity contribution in [3.63, 3.8) is 0 Å². The largest absolute Gasteiger partial charge is 0.507 e. The van der Waals surface area contributed by atoms with Gasteiger partial charge in [-0.3, -0.25) is 19.8 Å². The minimum Gasteiger partial charge on any atom is -0.507 e. The molecule has 0 atom stereocenters. The first-order chi connectivity index (χ1) is 11.5. The SMILES string of the molecule is O=C1C(=Cc2cc([N+](=O)[O-])ccc2O)SC(=S)N1c1ccccc1. The highest BCUT2D eigenvalue weighted by molar-refractivity contribution is 8.27. The van der Waals surface area contributed by atoms with Gasteiger partial charge in [-0.2, -0.15) is 0 Å². The normalized spacial score (nSPS) is 16.0. The Morgan fingerprint density at radius 3 is 2.58 bits per heavy atom. The fourth-order valence-electron chi connectivity index (χ4n) is 2.18. The quantitative estimate of drug-likeness (QED) is 0.390. The Hall–Kier alpha value is -2.71. The zero-order chi connectivity index (χ0) is 17.3. The summed E-state index contributed by atoms with van der Waals surface area (Å²) in [6.07, 6.45) is 1.41. The van der Waals surface area contributed by atoms with E-state index in [1.165, 1.54) is 29.2 Å². The number of phenolic OH excluding ortho intramolecular Hbond substituents is 1. The van der Waals surface area contributed by atoms with Gasteiger partial charge in [0.1, 0.15) is 5.75 Å². The number of nitro groups is 1. The number of hydrogen-bond donors (Lipinski definition) is 1. The maximum Gasteiger partial charge on any atom is 0.270 e. The van der Waals surface area contributed by atoms with Crippen LogP contribution in [0.3, 0.4) is 0 Å². The highest BCUT2D eigenvalue weighted by Gasteiger charge is 2.33. The minimum atomic E-state index is -0.564. The Morgan fingerprint density at radius 2 is 1.92 bits per heavy atom. The fraction of sp³-hybridized carbons (Fsp3) is 0. The highest BCUT2D eigenvalue weighted by atomic mass is 32.2.